The van der Waals surface area contributed by atoms with Gasteiger partial charge in [-0.2, -0.15) is 0 Å². The van der Waals surface area contributed by atoms with Crippen LogP contribution in [0, 0.1) is 11.3 Å². The molecule has 0 aromatic carbocycles. The predicted octanol–water partition coefficient (Wildman–Crippen LogP) is 2.80. The van der Waals surface area contributed by atoms with Gasteiger partial charge in [-0.3, -0.25) is 4.99 Å². The lowest BCUT2D eigenvalue weighted by atomic mass is 9.56. The number of hydrogen-bond donors (Lipinski definition) is 1. The first kappa shape index (κ1) is 21.2. The largest absolute Gasteiger partial charge is 0.378 e. The van der Waals surface area contributed by atoms with Crippen molar-refractivity contribution in [3.63, 3.8) is 0 Å². The minimum absolute atomic E-state index is 0. The molecule has 3 fully saturated rings. The summed E-state index contributed by atoms with van der Waals surface area (Å²) in [5.74, 6) is 1.87. The maximum Gasteiger partial charge on any atom is 0.193 e. The number of guanidine groups is 1. The summed E-state index contributed by atoms with van der Waals surface area (Å²) in [7, 11) is 3.74. The number of ether oxygens (including phenoxy) is 1. The van der Waals surface area contributed by atoms with Crippen molar-refractivity contribution in [3.8, 4) is 0 Å². The zero-order chi connectivity index (χ0) is 17.4. The van der Waals surface area contributed by atoms with Gasteiger partial charge in [0.2, 0.25) is 0 Å². The first-order valence-corrected chi connectivity index (χ1v) is 9.65. The van der Waals surface area contributed by atoms with Crippen molar-refractivity contribution in [1.82, 2.24) is 15.1 Å². The Morgan fingerprint density at radius 2 is 1.88 bits per heavy atom. The topological polar surface area (TPSA) is 40.1 Å². The molecule has 2 heterocycles. The molecule has 0 radical (unpaired) electrons. The molecule has 146 valence electrons. The molecule has 0 aromatic heterocycles. The number of halogens is 1. The molecular formula is C19H37IN4O. The Kier molecular flexibility index (Phi) is 7.04. The van der Waals surface area contributed by atoms with Crippen molar-refractivity contribution >= 4 is 29.9 Å². The predicted molar refractivity (Wildman–Crippen MR) is 115 cm³/mol. The highest BCUT2D eigenvalue weighted by atomic mass is 127. The number of aliphatic imine (C=N–C) groups is 1. The van der Waals surface area contributed by atoms with Gasteiger partial charge in [-0.05, 0) is 51.6 Å². The SMILES string of the molecule is CN=C(NC1CC(C)(OC)C1(C)C)N1CCC(CN2CCCC2)C1.I. The van der Waals surface area contributed by atoms with Gasteiger partial charge >= 0.3 is 0 Å². The summed E-state index contributed by atoms with van der Waals surface area (Å²) in [5.41, 5.74) is 0.0825. The van der Waals surface area contributed by atoms with Gasteiger partial charge < -0.3 is 19.9 Å². The Bertz CT molecular complexity index is 478. The summed E-state index contributed by atoms with van der Waals surface area (Å²) in [6, 6.07) is 0.429. The Hall–Kier alpha value is -0.0800. The molecule has 0 bridgehead atoms. The van der Waals surface area contributed by atoms with Crippen LogP contribution in [0.3, 0.4) is 0 Å². The Morgan fingerprint density at radius 1 is 1.20 bits per heavy atom. The number of nitrogens with zero attached hydrogens (tertiary/aromatic N) is 3. The van der Waals surface area contributed by atoms with Crippen LogP contribution in [0.1, 0.15) is 46.5 Å². The summed E-state index contributed by atoms with van der Waals surface area (Å²) in [4.78, 5) is 9.67. The van der Waals surface area contributed by atoms with Gasteiger partial charge in [0.1, 0.15) is 0 Å². The van der Waals surface area contributed by atoms with Crippen molar-refractivity contribution < 1.29 is 4.74 Å². The molecule has 2 aliphatic heterocycles. The molecule has 5 nitrogen and oxygen atoms in total. The van der Waals surface area contributed by atoms with E-state index in [4.69, 9.17) is 4.74 Å². The number of hydrogen-bond acceptors (Lipinski definition) is 3. The van der Waals surface area contributed by atoms with E-state index in [1.807, 2.05) is 14.2 Å². The summed E-state index contributed by atoms with van der Waals surface area (Å²) in [5, 5.41) is 3.72. The smallest absolute Gasteiger partial charge is 0.193 e. The molecule has 1 aliphatic carbocycles. The molecular weight excluding hydrogens is 427 g/mol. The highest BCUT2D eigenvalue weighted by molar-refractivity contribution is 14.0. The lowest BCUT2D eigenvalue weighted by molar-refractivity contribution is -0.176. The first-order valence-electron chi connectivity index (χ1n) is 9.65. The maximum absolute atomic E-state index is 5.75. The van der Waals surface area contributed by atoms with E-state index in [0.717, 1.165) is 31.4 Å². The van der Waals surface area contributed by atoms with Gasteiger partial charge in [0.15, 0.2) is 5.96 Å². The van der Waals surface area contributed by atoms with Crippen LogP contribution < -0.4 is 5.32 Å². The molecule has 6 heteroatoms. The fourth-order valence-electron chi connectivity index (χ4n) is 4.68. The summed E-state index contributed by atoms with van der Waals surface area (Å²) >= 11 is 0. The zero-order valence-electron chi connectivity index (χ0n) is 16.7. The van der Waals surface area contributed by atoms with Crippen LogP contribution in [-0.4, -0.2) is 74.3 Å². The third-order valence-electron chi connectivity index (χ3n) is 7.09. The minimum Gasteiger partial charge on any atom is -0.378 e. The van der Waals surface area contributed by atoms with Gasteiger partial charge in [-0.25, -0.2) is 0 Å². The lowest BCUT2D eigenvalue weighted by Gasteiger charge is -2.59. The van der Waals surface area contributed by atoms with Crippen LogP contribution in [-0.2, 0) is 4.74 Å². The molecule has 0 spiro atoms. The number of nitrogens with one attached hydrogen (secondary N) is 1. The van der Waals surface area contributed by atoms with Crippen molar-refractivity contribution in [2.24, 2.45) is 16.3 Å². The van der Waals surface area contributed by atoms with E-state index in [9.17, 15) is 0 Å². The van der Waals surface area contributed by atoms with Crippen LogP contribution >= 0.6 is 24.0 Å². The van der Waals surface area contributed by atoms with E-state index in [-0.39, 0.29) is 35.0 Å². The Labute approximate surface area is 171 Å². The van der Waals surface area contributed by atoms with Gasteiger partial charge in [-0.1, -0.05) is 13.8 Å². The molecule has 0 amide bonds. The van der Waals surface area contributed by atoms with Crippen molar-refractivity contribution in [2.75, 3.05) is 46.9 Å². The second-order valence-electron chi connectivity index (χ2n) is 8.71. The lowest BCUT2D eigenvalue weighted by Crippen LogP contribution is -2.69. The molecule has 1 N–H and O–H groups in total. The zero-order valence-corrected chi connectivity index (χ0v) is 19.0. The van der Waals surface area contributed by atoms with Crippen molar-refractivity contribution in [2.45, 2.75) is 58.1 Å². The maximum atomic E-state index is 5.75. The minimum atomic E-state index is -0.0349. The quantitative estimate of drug-likeness (QED) is 0.395. The number of likely N-dealkylation sites (tertiary alicyclic amines) is 2. The number of methoxy groups -OCH3 is 1. The molecule has 25 heavy (non-hydrogen) atoms. The standard InChI is InChI=1S/C19H36N4O.HI/c1-18(2)16(12-19(18,3)24-5)21-17(20-4)23-11-8-15(14-23)13-22-9-6-7-10-22;/h15-16H,6-14H2,1-5H3,(H,20,21);1H. The first-order chi connectivity index (χ1) is 11.4. The molecule has 3 atom stereocenters. The van der Waals surface area contributed by atoms with Crippen LogP contribution in [0.2, 0.25) is 0 Å². The fraction of sp³-hybridized carbons (Fsp3) is 0.947. The Morgan fingerprint density at radius 3 is 2.44 bits per heavy atom. The number of rotatable bonds is 4. The van der Waals surface area contributed by atoms with Gasteiger partial charge in [0.25, 0.3) is 0 Å². The fourth-order valence-corrected chi connectivity index (χ4v) is 4.68. The van der Waals surface area contributed by atoms with Gasteiger partial charge in [0, 0.05) is 45.2 Å². The monoisotopic (exact) mass is 464 g/mol. The Balaban J connectivity index is 0.00000225. The third kappa shape index (κ3) is 4.10. The van der Waals surface area contributed by atoms with E-state index in [1.54, 1.807) is 0 Å². The van der Waals surface area contributed by atoms with E-state index >= 15 is 0 Å². The third-order valence-corrected chi connectivity index (χ3v) is 7.09. The van der Waals surface area contributed by atoms with E-state index in [1.165, 1.54) is 38.9 Å². The van der Waals surface area contributed by atoms with Gasteiger partial charge in [-0.15, -0.1) is 24.0 Å². The average Bonchev–Trinajstić information content (AvgIpc) is 3.23. The normalized spacial score (nSPS) is 35.4. The highest BCUT2D eigenvalue weighted by Crippen LogP contribution is 2.51. The molecule has 3 rings (SSSR count). The van der Waals surface area contributed by atoms with Crippen LogP contribution in [0.5, 0.6) is 0 Å². The molecule has 3 aliphatic rings. The highest BCUT2D eigenvalue weighted by Gasteiger charge is 2.58. The van der Waals surface area contributed by atoms with Crippen LogP contribution in [0.25, 0.3) is 0 Å². The van der Waals surface area contributed by atoms with E-state index in [0.29, 0.717) is 6.04 Å². The van der Waals surface area contributed by atoms with E-state index < -0.39 is 0 Å². The van der Waals surface area contributed by atoms with Crippen molar-refractivity contribution in [1.29, 1.82) is 0 Å². The molecule has 1 saturated carbocycles. The second-order valence-corrected chi connectivity index (χ2v) is 8.71. The average molecular weight is 464 g/mol. The molecule has 2 saturated heterocycles. The van der Waals surface area contributed by atoms with Crippen molar-refractivity contribution in [3.05, 3.63) is 0 Å². The summed E-state index contributed by atoms with van der Waals surface area (Å²) in [6.45, 7) is 13.0. The van der Waals surface area contributed by atoms with E-state index in [2.05, 4.69) is 40.9 Å². The summed E-state index contributed by atoms with van der Waals surface area (Å²) in [6.07, 6.45) is 5.10. The molecule has 3 unspecified atom stereocenters. The summed E-state index contributed by atoms with van der Waals surface area (Å²) < 4.78 is 5.75. The van der Waals surface area contributed by atoms with Crippen LogP contribution in [0.4, 0.5) is 0 Å². The second kappa shape index (κ2) is 8.30. The van der Waals surface area contributed by atoms with Crippen LogP contribution in [0.15, 0.2) is 4.99 Å². The molecule has 0 aromatic rings. The van der Waals surface area contributed by atoms with Gasteiger partial charge in [0.05, 0.1) is 5.60 Å².